The van der Waals surface area contributed by atoms with Gasteiger partial charge in [0.05, 0.1) is 12.6 Å². The summed E-state index contributed by atoms with van der Waals surface area (Å²) >= 11 is 0. The first-order valence-electron chi connectivity index (χ1n) is 8.77. The maximum atomic E-state index is 12.6. The molecule has 0 radical (unpaired) electrons. The quantitative estimate of drug-likeness (QED) is 0.746. The average molecular weight is 310 g/mol. The minimum Gasteiger partial charge on any atom is -0.462 e. The average Bonchev–Trinajstić information content (AvgIpc) is 2.75. The van der Waals surface area contributed by atoms with Crippen LogP contribution in [0.2, 0.25) is 0 Å². The number of piperidine rings is 1. The number of hydrogen-bond donors (Lipinski definition) is 0. The van der Waals surface area contributed by atoms with Crippen molar-refractivity contribution < 1.29 is 14.3 Å². The van der Waals surface area contributed by atoms with E-state index in [1.807, 2.05) is 13.8 Å². The van der Waals surface area contributed by atoms with Crippen molar-refractivity contribution in [2.24, 2.45) is 5.92 Å². The lowest BCUT2D eigenvalue weighted by atomic mass is 9.95. The van der Waals surface area contributed by atoms with Gasteiger partial charge >= 0.3 is 5.97 Å². The molecular formula is C17H30N2O3. The number of carbonyl (C=O) groups excluding carboxylic acids is 2. The lowest BCUT2D eigenvalue weighted by molar-refractivity contribution is -0.149. The predicted octanol–water partition coefficient (Wildman–Crippen LogP) is 2.05. The number of rotatable bonds is 4. The van der Waals surface area contributed by atoms with E-state index in [0.717, 1.165) is 51.9 Å². The molecule has 126 valence electrons. The molecule has 0 unspecified atom stereocenters. The van der Waals surface area contributed by atoms with Crippen LogP contribution in [-0.4, -0.2) is 60.5 Å². The highest BCUT2D eigenvalue weighted by molar-refractivity contribution is 5.79. The van der Waals surface area contributed by atoms with E-state index in [0.29, 0.717) is 12.5 Å². The van der Waals surface area contributed by atoms with E-state index in [1.54, 1.807) is 0 Å². The van der Waals surface area contributed by atoms with Crippen LogP contribution in [0.1, 0.15) is 52.4 Å². The predicted molar refractivity (Wildman–Crippen MR) is 85.4 cm³/mol. The number of hydrogen-bond acceptors (Lipinski definition) is 4. The molecule has 22 heavy (non-hydrogen) atoms. The number of nitrogens with zero attached hydrogens (tertiary/aromatic N) is 2. The highest BCUT2D eigenvalue weighted by atomic mass is 16.5. The summed E-state index contributed by atoms with van der Waals surface area (Å²) in [5.74, 6) is 0.328. The Hall–Kier alpha value is -1.10. The minimum atomic E-state index is -0.160. The number of esters is 1. The van der Waals surface area contributed by atoms with E-state index in [-0.39, 0.29) is 18.0 Å². The molecule has 0 N–H and O–H groups in total. The van der Waals surface area contributed by atoms with Crippen LogP contribution in [0.3, 0.4) is 0 Å². The van der Waals surface area contributed by atoms with Gasteiger partial charge in [0.25, 0.3) is 0 Å². The van der Waals surface area contributed by atoms with E-state index in [4.69, 9.17) is 4.74 Å². The minimum absolute atomic E-state index is 0.0605. The molecular weight excluding hydrogens is 280 g/mol. The zero-order valence-corrected chi connectivity index (χ0v) is 14.1. The fourth-order valence-corrected chi connectivity index (χ4v) is 3.37. The lowest BCUT2D eigenvalue weighted by Gasteiger charge is -2.33. The van der Waals surface area contributed by atoms with E-state index in [1.165, 1.54) is 12.8 Å². The van der Waals surface area contributed by atoms with Gasteiger partial charge in [-0.1, -0.05) is 12.8 Å². The van der Waals surface area contributed by atoms with E-state index < -0.39 is 0 Å². The molecule has 2 aliphatic heterocycles. The van der Waals surface area contributed by atoms with Crippen molar-refractivity contribution in [3.8, 4) is 0 Å². The zero-order valence-electron chi connectivity index (χ0n) is 14.1. The Morgan fingerprint density at radius 2 is 1.59 bits per heavy atom. The van der Waals surface area contributed by atoms with Gasteiger partial charge in [-0.15, -0.1) is 0 Å². The first-order valence-corrected chi connectivity index (χ1v) is 8.77. The van der Waals surface area contributed by atoms with Gasteiger partial charge in [-0.25, -0.2) is 0 Å². The number of ether oxygens (including phenoxy) is 1. The second-order valence-electron chi connectivity index (χ2n) is 6.83. The molecule has 0 bridgehead atoms. The van der Waals surface area contributed by atoms with Crippen molar-refractivity contribution in [1.29, 1.82) is 0 Å². The van der Waals surface area contributed by atoms with Crippen LogP contribution in [0.25, 0.3) is 0 Å². The van der Waals surface area contributed by atoms with Crippen molar-refractivity contribution in [3.63, 3.8) is 0 Å². The number of carbonyl (C=O) groups is 2. The highest BCUT2D eigenvalue weighted by Gasteiger charge is 2.29. The standard InChI is InChI=1S/C17H30N2O3/c1-14(2)22-16(20)13-18-11-7-15(8-12-18)17(21)19-9-5-3-4-6-10-19/h14-15H,3-13H2,1-2H3. The molecule has 0 spiro atoms. The molecule has 2 rings (SSSR count). The molecule has 0 aromatic carbocycles. The second kappa shape index (κ2) is 8.51. The van der Waals surface area contributed by atoms with Crippen molar-refractivity contribution in [3.05, 3.63) is 0 Å². The van der Waals surface area contributed by atoms with Gasteiger partial charge in [0.15, 0.2) is 0 Å². The largest absolute Gasteiger partial charge is 0.462 e. The summed E-state index contributed by atoms with van der Waals surface area (Å²) < 4.78 is 5.18. The first-order chi connectivity index (χ1) is 10.6. The SMILES string of the molecule is CC(C)OC(=O)CN1CCC(C(=O)N2CCCCCC2)CC1. The Morgan fingerprint density at radius 3 is 2.14 bits per heavy atom. The van der Waals surface area contributed by atoms with Crippen LogP contribution in [0.5, 0.6) is 0 Å². The zero-order chi connectivity index (χ0) is 15.9. The van der Waals surface area contributed by atoms with Gasteiger partial charge in [-0.3, -0.25) is 14.5 Å². The Bertz CT molecular complexity index is 368. The maximum absolute atomic E-state index is 12.6. The smallest absolute Gasteiger partial charge is 0.320 e. The third-order valence-electron chi connectivity index (χ3n) is 4.57. The van der Waals surface area contributed by atoms with Gasteiger partial charge in [-0.05, 0) is 52.6 Å². The summed E-state index contributed by atoms with van der Waals surface area (Å²) in [5.41, 5.74) is 0. The summed E-state index contributed by atoms with van der Waals surface area (Å²) in [6.07, 6.45) is 6.46. The molecule has 2 heterocycles. The van der Waals surface area contributed by atoms with Crippen molar-refractivity contribution in [2.45, 2.75) is 58.5 Å². The van der Waals surface area contributed by atoms with Crippen LogP contribution in [0.15, 0.2) is 0 Å². The van der Waals surface area contributed by atoms with Gasteiger partial charge in [-0.2, -0.15) is 0 Å². The normalized spacial score (nSPS) is 21.7. The highest BCUT2D eigenvalue weighted by Crippen LogP contribution is 2.21. The first kappa shape index (κ1) is 17.3. The molecule has 0 saturated carbocycles. The van der Waals surface area contributed by atoms with Crippen LogP contribution in [-0.2, 0) is 14.3 Å². The number of likely N-dealkylation sites (tertiary alicyclic amines) is 2. The Balaban J connectivity index is 1.74. The summed E-state index contributed by atoms with van der Waals surface area (Å²) in [7, 11) is 0. The van der Waals surface area contributed by atoms with E-state index >= 15 is 0 Å². The Kier molecular flexibility index (Phi) is 6.68. The van der Waals surface area contributed by atoms with Gasteiger partial charge < -0.3 is 9.64 Å². The molecule has 0 aliphatic carbocycles. The summed E-state index contributed by atoms with van der Waals surface area (Å²) in [5, 5.41) is 0. The molecule has 1 amide bonds. The van der Waals surface area contributed by atoms with Crippen molar-refractivity contribution in [1.82, 2.24) is 9.80 Å². The van der Waals surface area contributed by atoms with Gasteiger partial charge in [0.2, 0.25) is 5.91 Å². The molecule has 5 nitrogen and oxygen atoms in total. The van der Waals surface area contributed by atoms with Gasteiger partial charge in [0, 0.05) is 19.0 Å². The number of amides is 1. The lowest BCUT2D eigenvalue weighted by Crippen LogP contribution is -2.44. The molecule has 5 heteroatoms. The van der Waals surface area contributed by atoms with Gasteiger partial charge in [0.1, 0.15) is 0 Å². The van der Waals surface area contributed by atoms with Crippen molar-refractivity contribution in [2.75, 3.05) is 32.7 Å². The Labute approximate surface area is 134 Å². The second-order valence-corrected chi connectivity index (χ2v) is 6.83. The fraction of sp³-hybridized carbons (Fsp3) is 0.882. The third-order valence-corrected chi connectivity index (χ3v) is 4.57. The van der Waals surface area contributed by atoms with Crippen LogP contribution in [0, 0.1) is 5.92 Å². The molecule has 0 aromatic rings. The topological polar surface area (TPSA) is 49.9 Å². The van der Waals surface area contributed by atoms with Crippen LogP contribution < -0.4 is 0 Å². The van der Waals surface area contributed by atoms with Crippen LogP contribution in [0.4, 0.5) is 0 Å². The van der Waals surface area contributed by atoms with E-state index in [2.05, 4.69) is 9.80 Å². The summed E-state index contributed by atoms with van der Waals surface area (Å²) in [6, 6.07) is 0. The molecule has 0 atom stereocenters. The maximum Gasteiger partial charge on any atom is 0.320 e. The van der Waals surface area contributed by atoms with E-state index in [9.17, 15) is 9.59 Å². The molecule has 2 saturated heterocycles. The monoisotopic (exact) mass is 310 g/mol. The van der Waals surface area contributed by atoms with Crippen LogP contribution >= 0.6 is 0 Å². The molecule has 2 aliphatic rings. The molecule has 2 fully saturated rings. The summed E-state index contributed by atoms with van der Waals surface area (Å²) in [4.78, 5) is 28.5. The Morgan fingerprint density at radius 1 is 1.00 bits per heavy atom. The third kappa shape index (κ3) is 5.27. The fourth-order valence-electron chi connectivity index (χ4n) is 3.37. The molecule has 0 aromatic heterocycles. The summed E-state index contributed by atoms with van der Waals surface area (Å²) in [6.45, 7) is 7.57. The van der Waals surface area contributed by atoms with Crippen molar-refractivity contribution >= 4 is 11.9 Å².